The molecular formula is C18H23N3O3. The molecule has 3 rings (SSSR count). The van der Waals surface area contributed by atoms with Gasteiger partial charge in [0.05, 0.1) is 10.9 Å². The fourth-order valence-corrected chi connectivity index (χ4v) is 3.12. The average Bonchev–Trinajstić information content (AvgIpc) is 2.56. The number of carbonyl (C=O) groups excluding carboxylic acids is 1. The molecule has 0 unspecified atom stereocenters. The van der Waals surface area contributed by atoms with Gasteiger partial charge in [0.2, 0.25) is 0 Å². The Hall–Kier alpha value is -2.21. The molecule has 0 fully saturated rings. The highest BCUT2D eigenvalue weighted by molar-refractivity contribution is 5.97. The van der Waals surface area contributed by atoms with E-state index in [1.165, 1.54) is 6.42 Å². The Morgan fingerprint density at radius 2 is 2.08 bits per heavy atom. The Balaban J connectivity index is 1.96. The van der Waals surface area contributed by atoms with Crippen LogP contribution in [-0.2, 0) is 13.0 Å². The predicted molar refractivity (Wildman–Crippen MR) is 92.2 cm³/mol. The topological polar surface area (TPSA) is 84.2 Å². The summed E-state index contributed by atoms with van der Waals surface area (Å²) < 4.78 is 1.79. The smallest absolute Gasteiger partial charge is 0.261 e. The van der Waals surface area contributed by atoms with E-state index in [-0.39, 0.29) is 18.1 Å². The SMILES string of the molecule is O=C(NCCCO)c1ccc2c(=O)n3c(nc2c1)CCCCCC3. The predicted octanol–water partition coefficient (Wildman–Crippen LogP) is 1.63. The monoisotopic (exact) mass is 329 g/mol. The summed E-state index contributed by atoms with van der Waals surface area (Å²) in [5.41, 5.74) is 1.06. The van der Waals surface area contributed by atoms with Crippen molar-refractivity contribution in [2.24, 2.45) is 0 Å². The van der Waals surface area contributed by atoms with E-state index in [4.69, 9.17) is 5.11 Å². The highest BCUT2D eigenvalue weighted by atomic mass is 16.3. The normalized spacial score (nSPS) is 14.7. The molecule has 0 radical (unpaired) electrons. The Morgan fingerprint density at radius 1 is 1.25 bits per heavy atom. The van der Waals surface area contributed by atoms with Crippen molar-refractivity contribution < 1.29 is 9.90 Å². The molecule has 1 aromatic carbocycles. The van der Waals surface area contributed by atoms with E-state index in [1.54, 1.807) is 22.8 Å². The molecule has 2 heterocycles. The number of fused-ring (bicyclic) bond motifs is 2. The number of benzene rings is 1. The first-order chi connectivity index (χ1) is 11.7. The zero-order valence-corrected chi connectivity index (χ0v) is 13.8. The maximum atomic E-state index is 12.7. The minimum absolute atomic E-state index is 0.0101. The fourth-order valence-electron chi connectivity index (χ4n) is 3.12. The number of nitrogens with one attached hydrogen (secondary N) is 1. The second-order valence-electron chi connectivity index (χ2n) is 6.21. The van der Waals surface area contributed by atoms with Gasteiger partial charge >= 0.3 is 0 Å². The van der Waals surface area contributed by atoms with Gasteiger partial charge in [0.25, 0.3) is 11.5 Å². The molecule has 0 saturated heterocycles. The summed E-state index contributed by atoms with van der Waals surface area (Å²) in [5.74, 6) is 0.615. The van der Waals surface area contributed by atoms with E-state index in [0.717, 1.165) is 38.1 Å². The van der Waals surface area contributed by atoms with Crippen molar-refractivity contribution in [1.82, 2.24) is 14.9 Å². The Bertz CT molecular complexity index is 798. The number of aliphatic hydroxyl groups excluding tert-OH is 1. The maximum absolute atomic E-state index is 12.7. The number of amides is 1. The Labute approximate surface area is 140 Å². The lowest BCUT2D eigenvalue weighted by Crippen LogP contribution is -2.27. The van der Waals surface area contributed by atoms with Crippen molar-refractivity contribution in [3.63, 3.8) is 0 Å². The zero-order valence-electron chi connectivity index (χ0n) is 13.8. The van der Waals surface area contributed by atoms with Gasteiger partial charge in [-0.15, -0.1) is 0 Å². The summed E-state index contributed by atoms with van der Waals surface area (Å²) in [7, 11) is 0. The van der Waals surface area contributed by atoms with Crippen LogP contribution in [0.5, 0.6) is 0 Å². The van der Waals surface area contributed by atoms with Crippen LogP contribution in [-0.4, -0.2) is 33.7 Å². The van der Waals surface area contributed by atoms with Crippen LogP contribution in [0, 0.1) is 0 Å². The summed E-state index contributed by atoms with van der Waals surface area (Å²) in [5, 5.41) is 12.1. The lowest BCUT2D eigenvalue weighted by atomic mass is 10.1. The molecule has 2 aromatic rings. The largest absolute Gasteiger partial charge is 0.396 e. The van der Waals surface area contributed by atoms with Gasteiger partial charge in [0, 0.05) is 31.7 Å². The van der Waals surface area contributed by atoms with Gasteiger partial charge in [0.15, 0.2) is 0 Å². The summed E-state index contributed by atoms with van der Waals surface area (Å²) in [6, 6.07) is 5.04. The van der Waals surface area contributed by atoms with Crippen molar-refractivity contribution in [3.05, 3.63) is 39.9 Å². The highest BCUT2D eigenvalue weighted by Crippen LogP contribution is 2.16. The number of aliphatic hydroxyl groups is 1. The van der Waals surface area contributed by atoms with Crippen LogP contribution in [0.4, 0.5) is 0 Å². The average molecular weight is 329 g/mol. The van der Waals surface area contributed by atoms with Crippen LogP contribution in [0.15, 0.2) is 23.0 Å². The standard InChI is InChI=1S/C18H23N3O3/c22-11-5-9-19-17(23)13-7-8-14-15(12-13)20-16-6-3-1-2-4-10-21(16)18(14)24/h7-8,12,22H,1-6,9-11H2,(H,19,23). The van der Waals surface area contributed by atoms with Crippen LogP contribution in [0.2, 0.25) is 0 Å². The van der Waals surface area contributed by atoms with Crippen LogP contribution in [0.3, 0.4) is 0 Å². The van der Waals surface area contributed by atoms with Crippen LogP contribution >= 0.6 is 0 Å². The molecule has 1 amide bonds. The minimum Gasteiger partial charge on any atom is -0.396 e. The molecule has 1 aliphatic heterocycles. The summed E-state index contributed by atoms with van der Waals surface area (Å²) in [4.78, 5) is 29.5. The van der Waals surface area contributed by atoms with Gasteiger partial charge in [-0.25, -0.2) is 4.98 Å². The molecule has 0 bridgehead atoms. The molecule has 0 spiro atoms. The van der Waals surface area contributed by atoms with Crippen molar-refractivity contribution >= 4 is 16.8 Å². The molecular weight excluding hydrogens is 306 g/mol. The Kier molecular flexibility index (Phi) is 5.25. The van der Waals surface area contributed by atoms with Crippen LogP contribution in [0.25, 0.3) is 10.9 Å². The molecule has 0 aliphatic carbocycles. The molecule has 6 nitrogen and oxygen atoms in total. The number of nitrogens with zero attached hydrogens (tertiary/aromatic N) is 2. The second-order valence-corrected chi connectivity index (χ2v) is 6.21. The highest BCUT2D eigenvalue weighted by Gasteiger charge is 2.14. The van der Waals surface area contributed by atoms with Crippen LogP contribution in [0.1, 0.15) is 48.3 Å². The molecule has 24 heavy (non-hydrogen) atoms. The van der Waals surface area contributed by atoms with Gasteiger partial charge in [-0.2, -0.15) is 0 Å². The molecule has 2 N–H and O–H groups in total. The number of aromatic nitrogens is 2. The summed E-state index contributed by atoms with van der Waals surface area (Å²) in [6.45, 7) is 1.19. The van der Waals surface area contributed by atoms with Crippen molar-refractivity contribution in [2.75, 3.05) is 13.2 Å². The molecule has 6 heteroatoms. The number of rotatable bonds is 4. The van der Waals surface area contributed by atoms with Gasteiger partial charge in [-0.1, -0.05) is 12.8 Å². The molecule has 0 atom stereocenters. The molecule has 0 saturated carbocycles. The second kappa shape index (κ2) is 7.57. The van der Waals surface area contributed by atoms with E-state index in [1.807, 2.05) is 0 Å². The molecule has 1 aliphatic rings. The van der Waals surface area contributed by atoms with Gasteiger partial charge in [-0.05, 0) is 37.5 Å². The van der Waals surface area contributed by atoms with Gasteiger partial charge < -0.3 is 10.4 Å². The quantitative estimate of drug-likeness (QED) is 0.835. The van der Waals surface area contributed by atoms with E-state index in [2.05, 4.69) is 10.3 Å². The number of aryl methyl sites for hydroxylation is 1. The van der Waals surface area contributed by atoms with E-state index >= 15 is 0 Å². The van der Waals surface area contributed by atoms with Crippen molar-refractivity contribution in [2.45, 2.75) is 45.1 Å². The summed E-state index contributed by atoms with van der Waals surface area (Å²) >= 11 is 0. The van der Waals surface area contributed by atoms with E-state index < -0.39 is 0 Å². The lowest BCUT2D eigenvalue weighted by Gasteiger charge is -2.16. The summed E-state index contributed by atoms with van der Waals surface area (Å²) in [6.07, 6.45) is 5.69. The van der Waals surface area contributed by atoms with Crippen LogP contribution < -0.4 is 10.9 Å². The lowest BCUT2D eigenvalue weighted by molar-refractivity contribution is 0.0951. The van der Waals surface area contributed by atoms with Gasteiger partial charge in [0.1, 0.15) is 5.82 Å². The zero-order chi connectivity index (χ0) is 16.9. The van der Waals surface area contributed by atoms with E-state index in [9.17, 15) is 9.59 Å². The maximum Gasteiger partial charge on any atom is 0.261 e. The fraction of sp³-hybridized carbons (Fsp3) is 0.500. The van der Waals surface area contributed by atoms with E-state index in [0.29, 0.717) is 29.4 Å². The van der Waals surface area contributed by atoms with Crippen molar-refractivity contribution in [3.8, 4) is 0 Å². The first-order valence-electron chi connectivity index (χ1n) is 8.63. The number of carbonyl (C=O) groups is 1. The van der Waals surface area contributed by atoms with Crippen molar-refractivity contribution in [1.29, 1.82) is 0 Å². The third kappa shape index (κ3) is 3.48. The number of hydrogen-bond acceptors (Lipinski definition) is 4. The molecule has 1 aromatic heterocycles. The first-order valence-corrected chi connectivity index (χ1v) is 8.63. The third-order valence-corrected chi connectivity index (χ3v) is 4.45. The Morgan fingerprint density at radius 3 is 2.92 bits per heavy atom. The minimum atomic E-state index is -0.209. The first kappa shape index (κ1) is 16.6. The van der Waals surface area contributed by atoms with Gasteiger partial charge in [-0.3, -0.25) is 14.2 Å². The number of hydrogen-bond donors (Lipinski definition) is 2. The molecule has 128 valence electrons. The third-order valence-electron chi connectivity index (χ3n) is 4.45.